The van der Waals surface area contributed by atoms with Crippen molar-refractivity contribution in [1.82, 2.24) is 0 Å². The molecular weight excluding hydrogens is 369 g/mol. The second kappa shape index (κ2) is 8.60. The lowest BCUT2D eigenvalue weighted by atomic mass is 10.2. The third-order valence-electron chi connectivity index (χ3n) is 3.02. The van der Waals surface area contributed by atoms with Crippen molar-refractivity contribution in [2.45, 2.75) is 6.92 Å². The highest BCUT2D eigenvalue weighted by Gasteiger charge is 2.14. The summed E-state index contributed by atoms with van der Waals surface area (Å²) in [5.41, 5.74) is 0.790. The number of benzene rings is 2. The zero-order valence-corrected chi connectivity index (χ0v) is 14.7. The number of nitrogens with one attached hydrogen (secondary N) is 1. The minimum atomic E-state index is -1.07. The van der Waals surface area contributed by atoms with E-state index in [2.05, 4.69) is 5.32 Å². The van der Waals surface area contributed by atoms with Crippen molar-refractivity contribution < 1.29 is 24.2 Å². The maximum atomic E-state index is 12.3. The molecule has 6 nitrogen and oxygen atoms in total. The van der Waals surface area contributed by atoms with E-state index < -0.39 is 18.5 Å². The molecule has 2 rings (SSSR count). The summed E-state index contributed by atoms with van der Waals surface area (Å²) in [6.07, 6.45) is 0. The Hall–Kier alpha value is -2.44. The molecule has 2 aromatic carbocycles. The molecule has 0 aliphatic rings. The van der Waals surface area contributed by atoms with E-state index in [9.17, 15) is 9.59 Å². The zero-order chi connectivity index (χ0) is 18.4. The molecule has 1 amide bonds. The van der Waals surface area contributed by atoms with Gasteiger partial charge < -0.3 is 19.9 Å². The van der Waals surface area contributed by atoms with Crippen LogP contribution in [-0.2, 0) is 4.79 Å². The number of halogens is 2. The average Bonchev–Trinajstić information content (AvgIpc) is 2.57. The van der Waals surface area contributed by atoms with Gasteiger partial charge in [-0.05, 0) is 43.3 Å². The molecule has 8 heteroatoms. The van der Waals surface area contributed by atoms with Crippen molar-refractivity contribution in [2.75, 3.05) is 18.5 Å². The van der Waals surface area contributed by atoms with Gasteiger partial charge in [0.25, 0.3) is 5.91 Å². The van der Waals surface area contributed by atoms with Gasteiger partial charge in [0.1, 0.15) is 5.75 Å². The van der Waals surface area contributed by atoms with Crippen molar-refractivity contribution >= 4 is 40.8 Å². The lowest BCUT2D eigenvalue weighted by Gasteiger charge is -2.11. The molecule has 0 aliphatic heterocycles. The fourth-order valence-corrected chi connectivity index (χ4v) is 2.55. The minimum Gasteiger partial charge on any atom is -0.491 e. The Morgan fingerprint density at radius 1 is 1.08 bits per heavy atom. The topological polar surface area (TPSA) is 84.9 Å². The molecule has 25 heavy (non-hydrogen) atoms. The first-order valence-electron chi connectivity index (χ1n) is 7.28. The molecule has 0 fully saturated rings. The van der Waals surface area contributed by atoms with Crippen LogP contribution in [0.15, 0.2) is 36.4 Å². The van der Waals surface area contributed by atoms with Crippen LogP contribution in [0.2, 0.25) is 10.0 Å². The Balaban J connectivity index is 2.08. The van der Waals surface area contributed by atoms with Crippen molar-refractivity contribution in [3.63, 3.8) is 0 Å². The van der Waals surface area contributed by atoms with E-state index in [4.69, 9.17) is 37.8 Å². The number of carboxylic acid groups (broad SMARTS) is 1. The zero-order valence-electron chi connectivity index (χ0n) is 13.2. The smallest absolute Gasteiger partial charge is 0.341 e. The van der Waals surface area contributed by atoms with E-state index in [0.717, 1.165) is 0 Å². The van der Waals surface area contributed by atoms with Crippen LogP contribution in [0, 0.1) is 0 Å². The third kappa shape index (κ3) is 5.27. The minimum absolute atomic E-state index is 0.247. The first kappa shape index (κ1) is 18.9. The molecule has 0 atom stereocenters. The molecule has 2 aromatic rings. The number of hydrogen-bond donors (Lipinski definition) is 2. The predicted octanol–water partition coefficient (Wildman–Crippen LogP) is 4.11. The van der Waals surface area contributed by atoms with E-state index in [1.54, 1.807) is 31.2 Å². The van der Waals surface area contributed by atoms with Crippen LogP contribution in [0.4, 0.5) is 5.69 Å². The van der Waals surface area contributed by atoms with Crippen LogP contribution in [0.3, 0.4) is 0 Å². The molecule has 0 unspecified atom stereocenters. The van der Waals surface area contributed by atoms with Gasteiger partial charge in [-0.25, -0.2) is 4.79 Å². The van der Waals surface area contributed by atoms with Crippen LogP contribution < -0.4 is 14.8 Å². The quantitative estimate of drug-likeness (QED) is 0.751. The average molecular weight is 384 g/mol. The van der Waals surface area contributed by atoms with Crippen molar-refractivity contribution in [1.29, 1.82) is 0 Å². The van der Waals surface area contributed by atoms with Crippen molar-refractivity contribution in [3.05, 3.63) is 52.0 Å². The number of carboxylic acids is 1. The van der Waals surface area contributed by atoms with Crippen LogP contribution in [0.25, 0.3) is 0 Å². The summed E-state index contributed by atoms with van der Waals surface area (Å²) in [6.45, 7) is 1.77. The maximum absolute atomic E-state index is 12.3. The number of rotatable bonds is 7. The molecule has 0 saturated heterocycles. The molecule has 0 spiro atoms. The summed E-state index contributed by atoms with van der Waals surface area (Å²) in [6, 6.07) is 9.23. The maximum Gasteiger partial charge on any atom is 0.341 e. The highest BCUT2D eigenvalue weighted by atomic mass is 35.5. The first-order valence-corrected chi connectivity index (χ1v) is 8.04. The van der Waals surface area contributed by atoms with Gasteiger partial charge in [-0.1, -0.05) is 23.2 Å². The van der Waals surface area contributed by atoms with Crippen molar-refractivity contribution in [2.24, 2.45) is 0 Å². The molecule has 0 radical (unpaired) electrons. The van der Waals surface area contributed by atoms with Gasteiger partial charge in [0.2, 0.25) is 0 Å². The number of carbonyl (C=O) groups is 2. The third-order valence-corrected chi connectivity index (χ3v) is 3.59. The van der Waals surface area contributed by atoms with E-state index in [0.29, 0.717) is 23.8 Å². The summed E-state index contributed by atoms with van der Waals surface area (Å²) in [4.78, 5) is 22.8. The highest BCUT2D eigenvalue weighted by Crippen LogP contribution is 2.34. The van der Waals surface area contributed by atoms with Gasteiger partial charge in [0.15, 0.2) is 12.4 Å². The first-order chi connectivity index (χ1) is 11.9. The summed E-state index contributed by atoms with van der Waals surface area (Å²) < 4.78 is 10.3. The summed E-state index contributed by atoms with van der Waals surface area (Å²) in [7, 11) is 0. The number of amides is 1. The van der Waals surface area contributed by atoms with Gasteiger partial charge in [0.05, 0.1) is 16.7 Å². The Morgan fingerprint density at radius 3 is 2.20 bits per heavy atom. The van der Waals surface area contributed by atoms with Crippen LogP contribution in [0.5, 0.6) is 11.5 Å². The molecule has 132 valence electrons. The lowest BCUT2D eigenvalue weighted by molar-refractivity contribution is -0.139. The SMILES string of the molecule is CCOc1c(Cl)cc(C(=O)Nc2ccc(OCC(=O)O)cc2)cc1Cl. The second-order valence-corrected chi connectivity index (χ2v) is 5.68. The number of ether oxygens (including phenoxy) is 2. The van der Waals surface area contributed by atoms with Gasteiger partial charge in [0, 0.05) is 11.3 Å². The van der Waals surface area contributed by atoms with E-state index in [1.807, 2.05) is 0 Å². The Bertz CT molecular complexity index is 754. The molecule has 0 aliphatic carbocycles. The number of aliphatic carboxylic acids is 1. The van der Waals surface area contributed by atoms with Crippen molar-refractivity contribution in [3.8, 4) is 11.5 Å². The Morgan fingerprint density at radius 2 is 1.68 bits per heavy atom. The fraction of sp³-hybridized carbons (Fsp3) is 0.176. The van der Waals surface area contributed by atoms with Gasteiger partial charge in [-0.2, -0.15) is 0 Å². The van der Waals surface area contributed by atoms with E-state index >= 15 is 0 Å². The molecule has 0 saturated carbocycles. The van der Waals surface area contributed by atoms with Gasteiger partial charge in [-0.15, -0.1) is 0 Å². The van der Waals surface area contributed by atoms with Crippen LogP contribution in [-0.4, -0.2) is 30.2 Å². The van der Waals surface area contributed by atoms with E-state index in [1.165, 1.54) is 12.1 Å². The van der Waals surface area contributed by atoms with Crippen LogP contribution >= 0.6 is 23.2 Å². The molecule has 2 N–H and O–H groups in total. The van der Waals surface area contributed by atoms with E-state index in [-0.39, 0.29) is 15.6 Å². The molecular formula is C17H15Cl2NO5. The lowest BCUT2D eigenvalue weighted by Crippen LogP contribution is -2.12. The van der Waals surface area contributed by atoms with Gasteiger partial charge >= 0.3 is 5.97 Å². The normalized spacial score (nSPS) is 10.2. The fourth-order valence-electron chi connectivity index (χ4n) is 1.96. The Labute approximate surface area is 154 Å². The molecule has 0 heterocycles. The summed E-state index contributed by atoms with van der Waals surface area (Å²) >= 11 is 12.2. The molecule has 0 aromatic heterocycles. The van der Waals surface area contributed by atoms with Gasteiger partial charge in [-0.3, -0.25) is 4.79 Å². The van der Waals surface area contributed by atoms with Crippen LogP contribution in [0.1, 0.15) is 17.3 Å². The highest BCUT2D eigenvalue weighted by molar-refractivity contribution is 6.37. The second-order valence-electron chi connectivity index (χ2n) is 4.86. The predicted molar refractivity (Wildman–Crippen MR) is 95.2 cm³/mol. The summed E-state index contributed by atoms with van der Waals surface area (Å²) in [5.74, 6) is -0.748. The molecule has 0 bridgehead atoms. The largest absolute Gasteiger partial charge is 0.491 e. The summed E-state index contributed by atoms with van der Waals surface area (Å²) in [5, 5.41) is 11.7. The monoisotopic (exact) mass is 383 g/mol. The number of anilines is 1. The number of hydrogen-bond acceptors (Lipinski definition) is 4. The number of carbonyl (C=O) groups excluding carboxylic acids is 1. The Kier molecular flexibility index (Phi) is 6.50. The standard InChI is InChI=1S/C17H15Cl2NO5/c1-2-24-16-13(18)7-10(8-14(16)19)17(23)20-11-3-5-12(6-4-11)25-9-15(21)22/h3-8H,2,9H2,1H3,(H,20,23)(H,21,22).